The van der Waals surface area contributed by atoms with Crippen LogP contribution >= 0.6 is 0 Å². The van der Waals surface area contributed by atoms with Crippen molar-refractivity contribution in [2.45, 2.75) is 64.0 Å². The Morgan fingerprint density at radius 3 is 2.45 bits per heavy atom. The van der Waals surface area contributed by atoms with E-state index in [2.05, 4.69) is 28.6 Å². The molecule has 124 valence electrons. The van der Waals surface area contributed by atoms with Crippen molar-refractivity contribution in [1.82, 2.24) is 9.78 Å². The van der Waals surface area contributed by atoms with Crippen LogP contribution in [-0.4, -0.2) is 27.7 Å². The molecule has 0 bridgehead atoms. The van der Waals surface area contributed by atoms with Gasteiger partial charge in [0.15, 0.2) is 0 Å². The van der Waals surface area contributed by atoms with E-state index in [1.54, 1.807) is 0 Å². The summed E-state index contributed by atoms with van der Waals surface area (Å²) >= 11 is 0. The second-order valence-corrected chi connectivity index (χ2v) is 6.09. The molecule has 0 unspecified atom stereocenters. The monoisotopic (exact) mass is 308 g/mol. The molecular formula is C18H29FN2O. The quantitative estimate of drug-likeness (QED) is 0.871. The molecule has 0 radical (unpaired) electrons. The van der Waals surface area contributed by atoms with E-state index >= 15 is 0 Å². The molecule has 0 amide bonds. The smallest absolute Gasteiger partial charge is 0.0917 e. The minimum Gasteiger partial charge on any atom is -0.390 e. The minimum atomic E-state index is -0.475. The van der Waals surface area contributed by atoms with E-state index in [4.69, 9.17) is 0 Å². The van der Waals surface area contributed by atoms with E-state index in [1.165, 1.54) is 0 Å². The van der Waals surface area contributed by atoms with Crippen molar-refractivity contribution < 1.29 is 9.50 Å². The largest absolute Gasteiger partial charge is 0.390 e. The molecule has 0 atom stereocenters. The summed E-state index contributed by atoms with van der Waals surface area (Å²) in [5.74, 6) is 0. The lowest BCUT2D eigenvalue weighted by molar-refractivity contribution is 0.0286. The topological polar surface area (TPSA) is 38.0 Å². The van der Waals surface area contributed by atoms with E-state index in [0.717, 1.165) is 49.8 Å². The SMILES string of the molecule is C=Cc1nn(C2CCCC(C)(O)CCC2)cc1/C=C\C.CF. The van der Waals surface area contributed by atoms with Gasteiger partial charge >= 0.3 is 0 Å². The average Bonchev–Trinajstić information content (AvgIpc) is 2.89. The molecule has 3 nitrogen and oxygen atoms in total. The van der Waals surface area contributed by atoms with Gasteiger partial charge in [-0.3, -0.25) is 9.07 Å². The maximum atomic E-state index is 10.1. The number of aliphatic hydroxyl groups is 1. The van der Waals surface area contributed by atoms with Crippen LogP contribution in [0.1, 0.15) is 69.7 Å². The van der Waals surface area contributed by atoms with Gasteiger partial charge in [-0.15, -0.1) is 0 Å². The summed E-state index contributed by atoms with van der Waals surface area (Å²) < 4.78 is 11.6. The first-order valence-corrected chi connectivity index (χ1v) is 8.00. The van der Waals surface area contributed by atoms with Crippen LogP contribution < -0.4 is 0 Å². The predicted octanol–water partition coefficient (Wildman–Crippen LogP) is 4.79. The Hall–Kier alpha value is -1.42. The summed E-state index contributed by atoms with van der Waals surface area (Å²) in [5, 5.41) is 14.8. The van der Waals surface area contributed by atoms with Gasteiger partial charge in [0.1, 0.15) is 0 Å². The summed E-state index contributed by atoms with van der Waals surface area (Å²) in [6.07, 6.45) is 14.1. The van der Waals surface area contributed by atoms with Crippen LogP contribution in [0.3, 0.4) is 0 Å². The molecule has 1 fully saturated rings. The lowest BCUT2D eigenvalue weighted by atomic mass is 9.87. The van der Waals surface area contributed by atoms with Gasteiger partial charge in [-0.05, 0) is 58.4 Å². The molecule has 22 heavy (non-hydrogen) atoms. The highest BCUT2D eigenvalue weighted by Crippen LogP contribution is 2.31. The van der Waals surface area contributed by atoms with Crippen LogP contribution in [0.15, 0.2) is 18.9 Å². The van der Waals surface area contributed by atoms with Crippen LogP contribution in [0.4, 0.5) is 4.39 Å². The van der Waals surface area contributed by atoms with Gasteiger partial charge in [-0.2, -0.15) is 5.10 Å². The van der Waals surface area contributed by atoms with E-state index in [-0.39, 0.29) is 0 Å². The fourth-order valence-electron chi connectivity index (χ4n) is 3.04. The predicted molar refractivity (Wildman–Crippen MR) is 91.4 cm³/mol. The Balaban J connectivity index is 0.00000116. The molecule has 1 aromatic heterocycles. The van der Waals surface area contributed by atoms with Gasteiger partial charge in [0.05, 0.1) is 24.5 Å². The van der Waals surface area contributed by atoms with Crippen LogP contribution in [0.25, 0.3) is 12.2 Å². The average molecular weight is 308 g/mol. The Morgan fingerprint density at radius 1 is 1.36 bits per heavy atom. The number of rotatable bonds is 3. The second-order valence-electron chi connectivity index (χ2n) is 6.09. The van der Waals surface area contributed by atoms with Gasteiger partial charge in [-0.1, -0.05) is 18.7 Å². The zero-order chi connectivity index (χ0) is 16.6. The lowest BCUT2D eigenvalue weighted by Gasteiger charge is -2.28. The first-order chi connectivity index (χ1) is 10.6. The maximum absolute atomic E-state index is 10.1. The third-order valence-corrected chi connectivity index (χ3v) is 4.21. The Labute approximate surface area is 133 Å². The third-order valence-electron chi connectivity index (χ3n) is 4.21. The number of alkyl halides is 1. The molecule has 1 aliphatic carbocycles. The van der Waals surface area contributed by atoms with Crippen LogP contribution in [0.2, 0.25) is 0 Å². The molecule has 0 spiro atoms. The number of hydrogen-bond acceptors (Lipinski definition) is 2. The summed E-state index contributed by atoms with van der Waals surface area (Å²) in [7, 11) is 0.500. The lowest BCUT2D eigenvalue weighted by Crippen LogP contribution is -2.26. The first kappa shape index (κ1) is 18.6. The highest BCUT2D eigenvalue weighted by atomic mass is 19.1. The molecular weight excluding hydrogens is 279 g/mol. The van der Waals surface area contributed by atoms with Gasteiger partial charge < -0.3 is 5.11 Å². The highest BCUT2D eigenvalue weighted by molar-refractivity contribution is 5.60. The van der Waals surface area contributed by atoms with Crippen molar-refractivity contribution in [3.05, 3.63) is 30.1 Å². The second kappa shape index (κ2) is 8.89. The van der Waals surface area contributed by atoms with Crippen molar-refractivity contribution in [2.24, 2.45) is 0 Å². The molecule has 1 aromatic rings. The van der Waals surface area contributed by atoms with Crippen molar-refractivity contribution in [3.63, 3.8) is 0 Å². The molecule has 2 rings (SSSR count). The summed E-state index contributed by atoms with van der Waals surface area (Å²) in [6.45, 7) is 7.82. The van der Waals surface area contributed by atoms with Gasteiger partial charge in [0, 0.05) is 11.8 Å². The van der Waals surface area contributed by atoms with Crippen molar-refractivity contribution >= 4 is 12.2 Å². The van der Waals surface area contributed by atoms with Crippen LogP contribution in [0, 0.1) is 0 Å². The Morgan fingerprint density at radius 2 is 1.95 bits per heavy atom. The van der Waals surface area contributed by atoms with E-state index in [0.29, 0.717) is 13.2 Å². The molecule has 1 saturated carbocycles. The van der Waals surface area contributed by atoms with Crippen LogP contribution in [-0.2, 0) is 0 Å². The number of nitrogens with zero attached hydrogens (tertiary/aromatic N) is 2. The zero-order valence-electron chi connectivity index (χ0n) is 14.1. The third kappa shape index (κ3) is 5.09. The number of halogens is 1. The van der Waals surface area contributed by atoms with Crippen molar-refractivity contribution in [2.75, 3.05) is 7.18 Å². The maximum Gasteiger partial charge on any atom is 0.0917 e. The Bertz CT molecular complexity index is 479. The van der Waals surface area contributed by atoms with E-state index in [1.807, 2.05) is 26.0 Å². The molecule has 1 N–H and O–H groups in total. The van der Waals surface area contributed by atoms with Crippen LogP contribution in [0.5, 0.6) is 0 Å². The van der Waals surface area contributed by atoms with Gasteiger partial charge in [-0.25, -0.2) is 0 Å². The summed E-state index contributed by atoms with van der Waals surface area (Å²) in [6, 6.07) is 0.448. The van der Waals surface area contributed by atoms with Crippen molar-refractivity contribution in [1.29, 1.82) is 0 Å². The van der Waals surface area contributed by atoms with E-state index < -0.39 is 5.60 Å². The zero-order valence-corrected chi connectivity index (χ0v) is 14.1. The minimum absolute atomic E-state index is 0.448. The number of aromatic nitrogens is 2. The molecule has 0 aliphatic heterocycles. The first-order valence-electron chi connectivity index (χ1n) is 8.00. The molecule has 4 heteroatoms. The normalized spacial score (nSPS) is 26.0. The Kier molecular flexibility index (Phi) is 7.52. The number of allylic oxidation sites excluding steroid dienone is 1. The molecule has 0 aromatic carbocycles. The fraction of sp³-hybridized carbons (Fsp3) is 0.611. The van der Waals surface area contributed by atoms with Gasteiger partial charge in [0.2, 0.25) is 0 Å². The summed E-state index contributed by atoms with van der Waals surface area (Å²) in [4.78, 5) is 0. The number of hydrogen-bond donors (Lipinski definition) is 1. The van der Waals surface area contributed by atoms with E-state index in [9.17, 15) is 9.50 Å². The molecule has 1 heterocycles. The molecule has 1 aliphatic rings. The fourth-order valence-corrected chi connectivity index (χ4v) is 3.04. The van der Waals surface area contributed by atoms with Gasteiger partial charge in [0.25, 0.3) is 0 Å². The van der Waals surface area contributed by atoms with Crippen molar-refractivity contribution in [3.8, 4) is 0 Å². The molecule has 0 saturated heterocycles. The summed E-state index contributed by atoms with van der Waals surface area (Å²) in [5.41, 5.74) is 1.62. The standard InChI is InChI=1S/C17H26N2O.CH3F/c1-4-8-14-13-19(18-16(14)5-2)15-9-6-11-17(3,20)12-7-10-15;1-2/h4-5,8,13,15,20H,2,6-7,9-12H2,1,3H3;1H3/b8-4-;. The highest BCUT2D eigenvalue weighted by Gasteiger charge is 2.25.